The van der Waals surface area contributed by atoms with Crippen LogP contribution < -0.4 is 0 Å². The molecule has 3 heteroatoms. The minimum absolute atomic E-state index is 0.00986. The Morgan fingerprint density at radius 3 is 1.83 bits per heavy atom. The topological polar surface area (TPSA) is 18.5 Å². The molecule has 23 heavy (non-hydrogen) atoms. The van der Waals surface area contributed by atoms with E-state index >= 15 is 0 Å². The van der Waals surface area contributed by atoms with E-state index in [4.69, 9.17) is 9.16 Å². The lowest BCUT2D eigenvalue weighted by Crippen LogP contribution is -2.55. The molecule has 1 rings (SSSR count). The van der Waals surface area contributed by atoms with E-state index in [-0.39, 0.29) is 17.6 Å². The van der Waals surface area contributed by atoms with Gasteiger partial charge in [0.05, 0.1) is 12.4 Å². The molecule has 0 N–H and O–H groups in total. The Hall–Kier alpha value is -0.283. The normalized spacial score (nSPS) is 24.8. The molecule has 0 amide bonds. The Labute approximate surface area is 146 Å². The Balaban J connectivity index is 3.13. The van der Waals surface area contributed by atoms with Crippen LogP contribution in [0.15, 0.2) is 12.3 Å². The smallest absolute Gasteiger partial charge is 0.201 e. The molecule has 0 aromatic heterocycles. The quantitative estimate of drug-likeness (QED) is 0.490. The lowest BCUT2D eigenvalue weighted by Gasteiger charge is -2.50. The first-order chi connectivity index (χ1) is 10.5. The summed E-state index contributed by atoms with van der Waals surface area (Å²) >= 11 is 0. The van der Waals surface area contributed by atoms with Crippen molar-refractivity contribution >= 4 is 8.32 Å². The Morgan fingerprint density at radius 1 is 0.957 bits per heavy atom. The first kappa shape index (κ1) is 20.8. The summed E-state index contributed by atoms with van der Waals surface area (Å²) in [5.41, 5.74) is 1.84. The SMILES string of the molecule is CC(C)C[C@H]1OC=C[C@H](O[Si](C(C)C)(C(C)C)C(C)C)C1(C)C. The average molecular weight is 341 g/mol. The highest BCUT2D eigenvalue weighted by Crippen LogP contribution is 2.47. The fourth-order valence-corrected chi connectivity index (χ4v) is 10.1. The maximum absolute atomic E-state index is 7.06. The molecule has 0 aromatic carbocycles. The van der Waals surface area contributed by atoms with Crippen molar-refractivity contribution in [1.29, 1.82) is 0 Å². The van der Waals surface area contributed by atoms with E-state index in [0.717, 1.165) is 6.42 Å². The highest BCUT2D eigenvalue weighted by Gasteiger charge is 2.50. The minimum atomic E-state index is -1.88. The summed E-state index contributed by atoms with van der Waals surface area (Å²) in [4.78, 5) is 0. The van der Waals surface area contributed by atoms with Gasteiger partial charge < -0.3 is 9.16 Å². The van der Waals surface area contributed by atoms with Crippen LogP contribution >= 0.6 is 0 Å². The third kappa shape index (κ3) is 4.22. The van der Waals surface area contributed by atoms with Gasteiger partial charge in [0.1, 0.15) is 6.10 Å². The third-order valence-electron chi connectivity index (χ3n) is 5.78. The highest BCUT2D eigenvalue weighted by atomic mass is 28.4. The molecule has 0 aromatic rings. The summed E-state index contributed by atoms with van der Waals surface area (Å²) in [6.07, 6.45) is 5.51. The number of ether oxygens (including phenoxy) is 1. The molecule has 2 nitrogen and oxygen atoms in total. The van der Waals surface area contributed by atoms with Gasteiger partial charge in [-0.25, -0.2) is 0 Å². The van der Waals surface area contributed by atoms with Gasteiger partial charge in [-0.2, -0.15) is 0 Å². The zero-order valence-electron chi connectivity index (χ0n) is 17.1. The van der Waals surface area contributed by atoms with Crippen LogP contribution in [0.4, 0.5) is 0 Å². The summed E-state index contributed by atoms with van der Waals surface area (Å²) in [5, 5.41) is 0. The molecule has 0 saturated heterocycles. The predicted octanol–water partition coefficient (Wildman–Crippen LogP) is 6.53. The number of hydrogen-bond donors (Lipinski definition) is 0. The molecule has 2 atom stereocenters. The molecule has 1 heterocycles. The third-order valence-corrected chi connectivity index (χ3v) is 11.9. The fraction of sp³-hybridized carbons (Fsp3) is 0.900. The van der Waals surface area contributed by atoms with Crippen molar-refractivity contribution in [3.05, 3.63) is 12.3 Å². The van der Waals surface area contributed by atoms with Crippen molar-refractivity contribution in [2.45, 2.75) is 104 Å². The average Bonchev–Trinajstić information content (AvgIpc) is 2.37. The molecule has 0 radical (unpaired) electrons. The van der Waals surface area contributed by atoms with Crippen LogP contribution in [0.2, 0.25) is 16.6 Å². The van der Waals surface area contributed by atoms with Crippen molar-refractivity contribution in [2.75, 3.05) is 0 Å². The van der Waals surface area contributed by atoms with Crippen LogP contribution in [0.1, 0.15) is 75.7 Å². The van der Waals surface area contributed by atoms with Crippen LogP contribution in [0.25, 0.3) is 0 Å². The zero-order valence-corrected chi connectivity index (χ0v) is 18.1. The second kappa shape index (κ2) is 7.73. The second-order valence-corrected chi connectivity index (χ2v) is 14.7. The van der Waals surface area contributed by atoms with Gasteiger partial charge in [0, 0.05) is 5.41 Å². The van der Waals surface area contributed by atoms with E-state index in [2.05, 4.69) is 75.3 Å². The maximum Gasteiger partial charge on any atom is 0.201 e. The van der Waals surface area contributed by atoms with Gasteiger partial charge in [-0.1, -0.05) is 69.2 Å². The zero-order chi connectivity index (χ0) is 18.0. The summed E-state index contributed by atoms with van der Waals surface area (Å²) in [5.74, 6) is 0.633. The van der Waals surface area contributed by atoms with Crippen molar-refractivity contribution < 1.29 is 9.16 Å². The lowest BCUT2D eigenvalue weighted by molar-refractivity contribution is -0.0571. The summed E-state index contributed by atoms with van der Waals surface area (Å²) in [6, 6.07) is 0. The number of hydrogen-bond acceptors (Lipinski definition) is 2. The van der Waals surface area contributed by atoms with E-state index in [1.165, 1.54) is 0 Å². The van der Waals surface area contributed by atoms with E-state index in [9.17, 15) is 0 Å². The predicted molar refractivity (Wildman–Crippen MR) is 103 cm³/mol. The number of rotatable bonds is 7. The molecule has 1 aliphatic heterocycles. The van der Waals surface area contributed by atoms with Crippen molar-refractivity contribution in [3.8, 4) is 0 Å². The van der Waals surface area contributed by atoms with Crippen molar-refractivity contribution in [3.63, 3.8) is 0 Å². The van der Waals surface area contributed by atoms with E-state index in [0.29, 0.717) is 22.5 Å². The minimum Gasteiger partial charge on any atom is -0.498 e. The van der Waals surface area contributed by atoms with Crippen LogP contribution in [-0.4, -0.2) is 20.5 Å². The van der Waals surface area contributed by atoms with E-state index in [1.807, 2.05) is 6.26 Å². The molecular formula is C20H40O2Si. The van der Waals surface area contributed by atoms with Crippen LogP contribution in [-0.2, 0) is 9.16 Å². The molecule has 0 spiro atoms. The molecule has 0 fully saturated rings. The lowest BCUT2D eigenvalue weighted by atomic mass is 9.76. The van der Waals surface area contributed by atoms with Crippen LogP contribution in [0.5, 0.6) is 0 Å². The van der Waals surface area contributed by atoms with Crippen molar-refractivity contribution in [1.82, 2.24) is 0 Å². The Kier molecular flexibility index (Phi) is 6.98. The molecule has 0 unspecified atom stereocenters. The van der Waals surface area contributed by atoms with Gasteiger partial charge >= 0.3 is 0 Å². The first-order valence-electron chi connectivity index (χ1n) is 9.46. The summed E-state index contributed by atoms with van der Waals surface area (Å²) in [7, 11) is -1.88. The Morgan fingerprint density at radius 2 is 1.43 bits per heavy atom. The highest BCUT2D eigenvalue weighted by molar-refractivity contribution is 6.77. The van der Waals surface area contributed by atoms with E-state index < -0.39 is 8.32 Å². The van der Waals surface area contributed by atoms with Gasteiger partial charge in [0.15, 0.2) is 0 Å². The van der Waals surface area contributed by atoms with Gasteiger partial charge in [-0.3, -0.25) is 0 Å². The van der Waals surface area contributed by atoms with Crippen molar-refractivity contribution in [2.24, 2.45) is 11.3 Å². The van der Waals surface area contributed by atoms with Gasteiger partial charge in [-0.05, 0) is 35.0 Å². The molecular weight excluding hydrogens is 300 g/mol. The monoisotopic (exact) mass is 340 g/mol. The molecule has 0 bridgehead atoms. The van der Waals surface area contributed by atoms with Crippen LogP contribution in [0.3, 0.4) is 0 Å². The first-order valence-corrected chi connectivity index (χ1v) is 11.6. The second-order valence-electron chi connectivity index (χ2n) is 9.26. The standard InChI is InChI=1S/C20H40O2Si/c1-14(2)13-19-20(9,10)18(11-12-21-19)22-23(15(3)4,16(5)6)17(7)8/h11-12,14-19H,13H2,1-10H3/t18-,19+/m0/s1. The molecule has 0 aliphatic carbocycles. The van der Waals surface area contributed by atoms with Crippen LogP contribution in [0, 0.1) is 11.3 Å². The molecule has 1 aliphatic rings. The molecule has 136 valence electrons. The Bertz CT molecular complexity index is 375. The van der Waals surface area contributed by atoms with Gasteiger partial charge in [0.25, 0.3) is 0 Å². The summed E-state index contributed by atoms with van der Waals surface area (Å²) < 4.78 is 13.0. The maximum atomic E-state index is 7.06. The van der Waals surface area contributed by atoms with Gasteiger partial charge in [0.2, 0.25) is 8.32 Å². The largest absolute Gasteiger partial charge is 0.498 e. The fourth-order valence-electron chi connectivity index (χ4n) is 4.42. The van der Waals surface area contributed by atoms with Gasteiger partial charge in [-0.15, -0.1) is 0 Å². The summed E-state index contributed by atoms with van der Waals surface area (Å²) in [6.45, 7) is 23.3. The molecule has 0 saturated carbocycles. The van der Waals surface area contributed by atoms with E-state index in [1.54, 1.807) is 0 Å².